The highest BCUT2D eigenvalue weighted by Gasteiger charge is 2.09. The molecule has 5 heteroatoms. The number of hydrogen-bond acceptors (Lipinski definition) is 5. The maximum absolute atomic E-state index is 4.60. The van der Waals surface area contributed by atoms with Gasteiger partial charge in [-0.1, -0.05) is 12.1 Å². The van der Waals surface area contributed by atoms with Crippen molar-refractivity contribution in [3.8, 4) is 22.8 Å². The van der Waals surface area contributed by atoms with E-state index in [4.69, 9.17) is 0 Å². The van der Waals surface area contributed by atoms with Gasteiger partial charge in [0.2, 0.25) is 0 Å². The fourth-order valence-electron chi connectivity index (χ4n) is 1.98. The van der Waals surface area contributed by atoms with Crippen molar-refractivity contribution in [2.45, 2.75) is 0 Å². The summed E-state index contributed by atoms with van der Waals surface area (Å²) in [6.07, 6.45) is 7.00. The molecule has 0 aromatic carbocycles. The highest BCUT2D eigenvalue weighted by atomic mass is 15.0. The van der Waals surface area contributed by atoms with Crippen LogP contribution in [0.25, 0.3) is 22.8 Å². The molecule has 3 aromatic rings. The standard InChI is InChI=1S/C17H15N5/c1-2-8-20-16-11-15(14-7-3-4-10-19-14)21-17(22-16)13-6-5-9-18-12-13/h2-7,9-12H,1,8H2,(H,20,21,22). The van der Waals surface area contributed by atoms with Crippen LogP contribution < -0.4 is 5.32 Å². The van der Waals surface area contributed by atoms with Crippen molar-refractivity contribution in [1.29, 1.82) is 0 Å². The monoisotopic (exact) mass is 289 g/mol. The van der Waals surface area contributed by atoms with E-state index in [1.54, 1.807) is 24.7 Å². The molecule has 3 heterocycles. The lowest BCUT2D eigenvalue weighted by molar-refractivity contribution is 1.13. The van der Waals surface area contributed by atoms with Gasteiger partial charge in [-0.25, -0.2) is 9.97 Å². The minimum Gasteiger partial charge on any atom is -0.366 e. The van der Waals surface area contributed by atoms with E-state index < -0.39 is 0 Å². The molecule has 22 heavy (non-hydrogen) atoms. The van der Waals surface area contributed by atoms with Gasteiger partial charge in [0.05, 0.1) is 11.4 Å². The van der Waals surface area contributed by atoms with E-state index in [-0.39, 0.29) is 0 Å². The van der Waals surface area contributed by atoms with Gasteiger partial charge in [0, 0.05) is 36.8 Å². The lowest BCUT2D eigenvalue weighted by Gasteiger charge is -2.08. The van der Waals surface area contributed by atoms with Crippen LogP contribution in [0.4, 0.5) is 5.82 Å². The quantitative estimate of drug-likeness (QED) is 0.731. The second-order valence-electron chi connectivity index (χ2n) is 4.59. The van der Waals surface area contributed by atoms with Crippen LogP contribution in [0.5, 0.6) is 0 Å². The second kappa shape index (κ2) is 6.58. The highest BCUT2D eigenvalue weighted by molar-refractivity contribution is 5.64. The highest BCUT2D eigenvalue weighted by Crippen LogP contribution is 2.22. The summed E-state index contributed by atoms with van der Waals surface area (Å²) in [6, 6.07) is 11.4. The lowest BCUT2D eigenvalue weighted by atomic mass is 10.2. The zero-order valence-electron chi connectivity index (χ0n) is 12.0. The lowest BCUT2D eigenvalue weighted by Crippen LogP contribution is -2.03. The van der Waals surface area contributed by atoms with Crippen molar-refractivity contribution in [2.24, 2.45) is 0 Å². The first-order chi connectivity index (χ1) is 10.9. The van der Waals surface area contributed by atoms with E-state index in [0.717, 1.165) is 22.8 Å². The molecule has 0 atom stereocenters. The minimum atomic E-state index is 0.614. The molecule has 0 aliphatic carbocycles. The number of hydrogen-bond donors (Lipinski definition) is 1. The summed E-state index contributed by atoms with van der Waals surface area (Å²) in [4.78, 5) is 17.6. The molecule has 0 bridgehead atoms. The van der Waals surface area contributed by atoms with Gasteiger partial charge in [0.25, 0.3) is 0 Å². The maximum atomic E-state index is 4.60. The van der Waals surface area contributed by atoms with E-state index in [1.165, 1.54) is 0 Å². The summed E-state index contributed by atoms with van der Waals surface area (Å²) in [6.45, 7) is 4.34. The van der Waals surface area contributed by atoms with Crippen LogP contribution >= 0.6 is 0 Å². The first kappa shape index (κ1) is 13.9. The maximum Gasteiger partial charge on any atom is 0.163 e. The fraction of sp³-hybridized carbons (Fsp3) is 0.0588. The molecule has 0 radical (unpaired) electrons. The summed E-state index contributed by atoms with van der Waals surface area (Å²) in [7, 11) is 0. The van der Waals surface area contributed by atoms with Gasteiger partial charge in [0.15, 0.2) is 5.82 Å². The molecule has 3 aromatic heterocycles. The van der Waals surface area contributed by atoms with Crippen LogP contribution in [0, 0.1) is 0 Å². The molecule has 0 aliphatic rings. The third-order valence-corrected chi connectivity index (χ3v) is 3.00. The number of nitrogens with zero attached hydrogens (tertiary/aromatic N) is 4. The van der Waals surface area contributed by atoms with Crippen LogP contribution in [0.1, 0.15) is 0 Å². The molecule has 5 nitrogen and oxygen atoms in total. The van der Waals surface area contributed by atoms with Gasteiger partial charge >= 0.3 is 0 Å². The number of rotatable bonds is 5. The van der Waals surface area contributed by atoms with Crippen molar-refractivity contribution >= 4 is 5.82 Å². The van der Waals surface area contributed by atoms with Crippen LogP contribution in [0.3, 0.4) is 0 Å². The zero-order chi connectivity index (χ0) is 15.2. The number of nitrogens with one attached hydrogen (secondary N) is 1. The largest absolute Gasteiger partial charge is 0.366 e. The van der Waals surface area contributed by atoms with E-state index in [0.29, 0.717) is 12.4 Å². The summed E-state index contributed by atoms with van der Waals surface area (Å²) in [5.41, 5.74) is 2.43. The third kappa shape index (κ3) is 3.15. The van der Waals surface area contributed by atoms with Crippen molar-refractivity contribution in [3.05, 3.63) is 67.6 Å². The van der Waals surface area contributed by atoms with Gasteiger partial charge in [0.1, 0.15) is 5.82 Å². The second-order valence-corrected chi connectivity index (χ2v) is 4.59. The number of aromatic nitrogens is 4. The third-order valence-electron chi connectivity index (χ3n) is 3.00. The first-order valence-electron chi connectivity index (χ1n) is 6.92. The van der Waals surface area contributed by atoms with Crippen molar-refractivity contribution in [2.75, 3.05) is 11.9 Å². The van der Waals surface area contributed by atoms with Gasteiger partial charge < -0.3 is 5.32 Å². The topological polar surface area (TPSA) is 63.6 Å². The normalized spacial score (nSPS) is 10.2. The Hall–Kier alpha value is -3.08. The average molecular weight is 289 g/mol. The summed E-state index contributed by atoms with van der Waals surface area (Å²) < 4.78 is 0. The van der Waals surface area contributed by atoms with E-state index in [1.807, 2.05) is 36.4 Å². The van der Waals surface area contributed by atoms with Crippen molar-refractivity contribution in [3.63, 3.8) is 0 Å². The molecule has 0 spiro atoms. The molecule has 108 valence electrons. The van der Waals surface area contributed by atoms with Crippen LogP contribution in [-0.2, 0) is 0 Å². The van der Waals surface area contributed by atoms with E-state index in [9.17, 15) is 0 Å². The molecular formula is C17H15N5. The number of anilines is 1. The van der Waals surface area contributed by atoms with Crippen molar-refractivity contribution < 1.29 is 0 Å². The Labute approximate surface area is 128 Å². The number of pyridine rings is 2. The van der Waals surface area contributed by atoms with Gasteiger partial charge in [-0.15, -0.1) is 6.58 Å². The molecule has 0 amide bonds. The Morgan fingerprint density at radius 2 is 2.00 bits per heavy atom. The Morgan fingerprint density at radius 3 is 2.73 bits per heavy atom. The molecule has 0 fully saturated rings. The van der Waals surface area contributed by atoms with Crippen LogP contribution in [0.2, 0.25) is 0 Å². The zero-order valence-corrected chi connectivity index (χ0v) is 12.0. The summed E-state index contributed by atoms with van der Waals surface area (Å²) in [5, 5.41) is 3.20. The molecule has 0 saturated heterocycles. The van der Waals surface area contributed by atoms with Crippen molar-refractivity contribution in [1.82, 2.24) is 19.9 Å². The summed E-state index contributed by atoms with van der Waals surface area (Å²) in [5.74, 6) is 1.34. The van der Waals surface area contributed by atoms with E-state index >= 15 is 0 Å². The first-order valence-corrected chi connectivity index (χ1v) is 6.92. The van der Waals surface area contributed by atoms with Gasteiger partial charge in [-0.05, 0) is 24.3 Å². The van der Waals surface area contributed by atoms with E-state index in [2.05, 4.69) is 31.8 Å². The summed E-state index contributed by atoms with van der Waals surface area (Å²) >= 11 is 0. The predicted molar refractivity (Wildman–Crippen MR) is 87.2 cm³/mol. The Balaban J connectivity index is 2.08. The smallest absolute Gasteiger partial charge is 0.163 e. The predicted octanol–water partition coefficient (Wildman–Crippen LogP) is 3.20. The van der Waals surface area contributed by atoms with Gasteiger partial charge in [-0.3, -0.25) is 9.97 Å². The van der Waals surface area contributed by atoms with Crippen LogP contribution in [-0.4, -0.2) is 26.5 Å². The molecule has 0 aliphatic heterocycles. The molecule has 1 N–H and O–H groups in total. The Bertz CT molecular complexity index is 699. The molecule has 0 saturated carbocycles. The Kier molecular flexibility index (Phi) is 4.15. The van der Waals surface area contributed by atoms with Crippen LogP contribution in [0.15, 0.2) is 67.6 Å². The van der Waals surface area contributed by atoms with Gasteiger partial charge in [-0.2, -0.15) is 0 Å². The molecule has 0 unspecified atom stereocenters. The Morgan fingerprint density at radius 1 is 1.05 bits per heavy atom. The molecule has 3 rings (SSSR count). The SMILES string of the molecule is C=CCNc1cc(-c2ccccn2)nc(-c2cccnc2)n1. The fourth-order valence-corrected chi connectivity index (χ4v) is 1.98. The average Bonchev–Trinajstić information content (AvgIpc) is 2.61. The minimum absolute atomic E-state index is 0.614. The molecular weight excluding hydrogens is 274 g/mol.